The first-order chi connectivity index (χ1) is 6.74. The molecule has 0 aromatic rings. The molecule has 1 aliphatic rings. The molecule has 4 nitrogen and oxygen atoms in total. The summed E-state index contributed by atoms with van der Waals surface area (Å²) < 4.78 is 0. The van der Waals surface area contributed by atoms with E-state index in [4.69, 9.17) is 0 Å². The van der Waals surface area contributed by atoms with Gasteiger partial charge in [-0.1, -0.05) is 6.92 Å². The third-order valence-electron chi connectivity index (χ3n) is 2.34. The second-order valence-electron chi connectivity index (χ2n) is 3.61. The Labute approximate surface area is 84.7 Å². The highest BCUT2D eigenvalue weighted by molar-refractivity contribution is 5.96. The van der Waals surface area contributed by atoms with Crippen LogP contribution in [0.5, 0.6) is 0 Å². The molecule has 0 radical (unpaired) electrons. The Morgan fingerprint density at radius 1 is 1.29 bits per heavy atom. The molecule has 1 aliphatic heterocycles. The van der Waals surface area contributed by atoms with Crippen molar-refractivity contribution in [3.63, 3.8) is 0 Å². The maximum atomic E-state index is 11.5. The predicted octanol–water partition coefficient (Wildman–Crippen LogP) is 0.525. The molecule has 0 spiro atoms. The first-order valence-electron chi connectivity index (χ1n) is 5.28. The van der Waals surface area contributed by atoms with E-state index in [-0.39, 0.29) is 18.2 Å². The number of likely N-dealkylation sites (tertiary alicyclic amines) is 1. The summed E-state index contributed by atoms with van der Waals surface area (Å²) in [5, 5.41) is 2.70. The quantitative estimate of drug-likeness (QED) is 0.670. The fourth-order valence-electron chi connectivity index (χ4n) is 1.54. The smallest absolute Gasteiger partial charge is 0.232 e. The molecule has 0 aliphatic carbocycles. The van der Waals surface area contributed by atoms with Crippen molar-refractivity contribution in [1.82, 2.24) is 10.2 Å². The van der Waals surface area contributed by atoms with E-state index in [9.17, 15) is 9.59 Å². The number of carbonyl (C=O) groups is 2. The van der Waals surface area contributed by atoms with Gasteiger partial charge in [-0.3, -0.25) is 9.59 Å². The van der Waals surface area contributed by atoms with E-state index >= 15 is 0 Å². The average Bonchev–Trinajstić information content (AvgIpc) is 2.67. The molecule has 80 valence electrons. The average molecular weight is 198 g/mol. The highest BCUT2D eigenvalue weighted by atomic mass is 16.2. The lowest BCUT2D eigenvalue weighted by atomic mass is 10.3. The number of rotatable bonds is 4. The topological polar surface area (TPSA) is 49.4 Å². The van der Waals surface area contributed by atoms with E-state index in [0.29, 0.717) is 6.54 Å². The summed E-state index contributed by atoms with van der Waals surface area (Å²) in [4.78, 5) is 24.5. The molecule has 1 heterocycles. The van der Waals surface area contributed by atoms with Crippen LogP contribution >= 0.6 is 0 Å². The summed E-state index contributed by atoms with van der Waals surface area (Å²) in [6, 6.07) is 0. The Bertz CT molecular complexity index is 210. The van der Waals surface area contributed by atoms with E-state index < -0.39 is 0 Å². The van der Waals surface area contributed by atoms with Crippen LogP contribution in [0.4, 0.5) is 0 Å². The van der Waals surface area contributed by atoms with Gasteiger partial charge in [-0.05, 0) is 19.3 Å². The van der Waals surface area contributed by atoms with Crippen LogP contribution in [0.15, 0.2) is 0 Å². The van der Waals surface area contributed by atoms with Crippen molar-refractivity contribution in [2.75, 3.05) is 19.6 Å². The standard InChI is InChI=1S/C10H18N2O2/c1-2-5-11-9(13)8-10(14)12-6-3-4-7-12/h2-8H2,1H3,(H,11,13). The second-order valence-corrected chi connectivity index (χ2v) is 3.61. The van der Waals surface area contributed by atoms with Crippen LogP contribution in [0.3, 0.4) is 0 Å². The molecular formula is C10H18N2O2. The minimum Gasteiger partial charge on any atom is -0.356 e. The summed E-state index contributed by atoms with van der Waals surface area (Å²) in [5.41, 5.74) is 0. The zero-order chi connectivity index (χ0) is 10.4. The summed E-state index contributed by atoms with van der Waals surface area (Å²) in [7, 11) is 0. The lowest BCUT2D eigenvalue weighted by molar-refractivity contribution is -0.135. The zero-order valence-electron chi connectivity index (χ0n) is 8.71. The van der Waals surface area contributed by atoms with Gasteiger partial charge in [-0.15, -0.1) is 0 Å². The van der Waals surface area contributed by atoms with Crippen molar-refractivity contribution in [2.24, 2.45) is 0 Å². The van der Waals surface area contributed by atoms with Gasteiger partial charge in [-0.25, -0.2) is 0 Å². The van der Waals surface area contributed by atoms with Gasteiger partial charge in [0, 0.05) is 19.6 Å². The molecule has 0 aromatic heterocycles. The van der Waals surface area contributed by atoms with Crippen molar-refractivity contribution >= 4 is 11.8 Å². The van der Waals surface area contributed by atoms with Gasteiger partial charge in [0.25, 0.3) is 0 Å². The molecule has 2 amide bonds. The normalized spacial score (nSPS) is 15.6. The predicted molar refractivity (Wildman–Crippen MR) is 53.7 cm³/mol. The Kier molecular flexibility index (Phi) is 4.43. The molecule has 0 unspecified atom stereocenters. The third kappa shape index (κ3) is 3.36. The fraction of sp³-hybridized carbons (Fsp3) is 0.800. The number of nitrogens with one attached hydrogen (secondary N) is 1. The maximum Gasteiger partial charge on any atom is 0.232 e. The SMILES string of the molecule is CCCNC(=O)CC(=O)N1CCCC1. The van der Waals surface area contributed by atoms with Gasteiger partial charge < -0.3 is 10.2 Å². The number of carbonyl (C=O) groups excluding carboxylic acids is 2. The molecule has 0 atom stereocenters. The van der Waals surface area contributed by atoms with Crippen LogP contribution in [0.1, 0.15) is 32.6 Å². The van der Waals surface area contributed by atoms with Gasteiger partial charge in [-0.2, -0.15) is 0 Å². The number of amides is 2. The molecule has 1 rings (SSSR count). The van der Waals surface area contributed by atoms with Gasteiger partial charge in [0.05, 0.1) is 0 Å². The van der Waals surface area contributed by atoms with Crippen molar-refractivity contribution in [3.05, 3.63) is 0 Å². The van der Waals surface area contributed by atoms with Gasteiger partial charge in [0.2, 0.25) is 11.8 Å². The largest absolute Gasteiger partial charge is 0.356 e. The highest BCUT2D eigenvalue weighted by Crippen LogP contribution is 2.08. The van der Waals surface area contributed by atoms with Crippen LogP contribution in [0.25, 0.3) is 0 Å². The molecule has 1 N–H and O–H groups in total. The van der Waals surface area contributed by atoms with Gasteiger partial charge in [0.1, 0.15) is 6.42 Å². The molecule has 14 heavy (non-hydrogen) atoms. The van der Waals surface area contributed by atoms with E-state index in [1.165, 1.54) is 0 Å². The van der Waals surface area contributed by atoms with E-state index in [1.807, 2.05) is 6.92 Å². The highest BCUT2D eigenvalue weighted by Gasteiger charge is 2.19. The minimum atomic E-state index is -0.149. The van der Waals surface area contributed by atoms with Crippen molar-refractivity contribution in [3.8, 4) is 0 Å². The van der Waals surface area contributed by atoms with Crippen LogP contribution < -0.4 is 5.32 Å². The van der Waals surface area contributed by atoms with Gasteiger partial charge >= 0.3 is 0 Å². The van der Waals surface area contributed by atoms with E-state index in [0.717, 1.165) is 32.4 Å². The molecule has 1 fully saturated rings. The van der Waals surface area contributed by atoms with Crippen LogP contribution in [-0.4, -0.2) is 36.3 Å². The zero-order valence-corrected chi connectivity index (χ0v) is 8.71. The Hall–Kier alpha value is -1.06. The first-order valence-corrected chi connectivity index (χ1v) is 5.28. The molecular weight excluding hydrogens is 180 g/mol. The maximum absolute atomic E-state index is 11.5. The molecule has 0 bridgehead atoms. The monoisotopic (exact) mass is 198 g/mol. The lowest BCUT2D eigenvalue weighted by Gasteiger charge is -2.14. The molecule has 0 aromatic carbocycles. The first kappa shape index (κ1) is 11.0. The fourth-order valence-corrected chi connectivity index (χ4v) is 1.54. The number of nitrogens with zero attached hydrogens (tertiary/aromatic N) is 1. The van der Waals surface area contributed by atoms with Crippen molar-refractivity contribution in [1.29, 1.82) is 0 Å². The second kappa shape index (κ2) is 5.62. The van der Waals surface area contributed by atoms with E-state index in [1.54, 1.807) is 4.90 Å². The minimum absolute atomic E-state index is 0.0139. The van der Waals surface area contributed by atoms with Gasteiger partial charge in [0.15, 0.2) is 0 Å². The van der Waals surface area contributed by atoms with E-state index in [2.05, 4.69) is 5.32 Å². The molecule has 0 saturated carbocycles. The Morgan fingerprint density at radius 2 is 1.93 bits per heavy atom. The van der Waals surface area contributed by atoms with Crippen LogP contribution in [0, 0.1) is 0 Å². The summed E-state index contributed by atoms with van der Waals surface area (Å²) in [6.45, 7) is 4.29. The Morgan fingerprint density at radius 3 is 2.50 bits per heavy atom. The Balaban J connectivity index is 2.21. The van der Waals surface area contributed by atoms with Crippen LogP contribution in [-0.2, 0) is 9.59 Å². The van der Waals surface area contributed by atoms with Crippen molar-refractivity contribution < 1.29 is 9.59 Å². The summed E-state index contributed by atoms with van der Waals surface area (Å²) >= 11 is 0. The number of hydrogen-bond acceptors (Lipinski definition) is 2. The lowest BCUT2D eigenvalue weighted by Crippen LogP contribution is -2.34. The molecule has 1 saturated heterocycles. The third-order valence-corrected chi connectivity index (χ3v) is 2.34. The van der Waals surface area contributed by atoms with Crippen molar-refractivity contribution in [2.45, 2.75) is 32.6 Å². The number of hydrogen-bond donors (Lipinski definition) is 1. The molecule has 4 heteroatoms. The van der Waals surface area contributed by atoms with Crippen LogP contribution in [0.2, 0.25) is 0 Å². The summed E-state index contributed by atoms with van der Waals surface area (Å²) in [6.07, 6.45) is 3.06. The summed E-state index contributed by atoms with van der Waals surface area (Å²) in [5.74, 6) is -0.181.